The highest BCUT2D eigenvalue weighted by molar-refractivity contribution is 5.90. The van der Waals surface area contributed by atoms with Gasteiger partial charge in [-0.05, 0) is 56.9 Å². The Labute approximate surface area is 129 Å². The van der Waals surface area contributed by atoms with Gasteiger partial charge < -0.3 is 9.84 Å². The third kappa shape index (κ3) is 2.52. The molecule has 1 aromatic carbocycles. The molecule has 116 valence electrons. The predicted octanol–water partition coefficient (Wildman–Crippen LogP) is 2.73. The van der Waals surface area contributed by atoms with Crippen LogP contribution in [0.25, 0.3) is 5.69 Å². The van der Waals surface area contributed by atoms with E-state index in [1.54, 1.807) is 29.8 Å². The van der Waals surface area contributed by atoms with Crippen molar-refractivity contribution < 1.29 is 14.6 Å². The fraction of sp³-hybridized carbons (Fsp3) is 0.412. The van der Waals surface area contributed by atoms with Crippen molar-refractivity contribution in [2.45, 2.75) is 39.2 Å². The van der Waals surface area contributed by atoms with Gasteiger partial charge in [0.25, 0.3) is 0 Å². The minimum Gasteiger partial charge on any atom is -0.462 e. The van der Waals surface area contributed by atoms with Crippen LogP contribution in [0.1, 0.15) is 53.2 Å². The summed E-state index contributed by atoms with van der Waals surface area (Å²) in [6, 6.07) is 7.17. The van der Waals surface area contributed by atoms with Crippen LogP contribution in [0.3, 0.4) is 0 Å². The van der Waals surface area contributed by atoms with E-state index in [0.717, 1.165) is 41.9 Å². The van der Waals surface area contributed by atoms with E-state index in [9.17, 15) is 9.90 Å². The number of esters is 1. The summed E-state index contributed by atoms with van der Waals surface area (Å²) in [5.74, 6) is -0.345. The third-order valence-electron chi connectivity index (χ3n) is 4.05. The number of hydrogen-bond acceptors (Lipinski definition) is 4. The van der Waals surface area contributed by atoms with Gasteiger partial charge in [-0.15, -0.1) is 0 Å². The zero-order valence-corrected chi connectivity index (χ0v) is 12.9. The second kappa shape index (κ2) is 5.93. The van der Waals surface area contributed by atoms with E-state index < -0.39 is 6.10 Å². The van der Waals surface area contributed by atoms with E-state index in [-0.39, 0.29) is 5.97 Å². The lowest BCUT2D eigenvalue weighted by Gasteiger charge is -2.20. The lowest BCUT2D eigenvalue weighted by Crippen LogP contribution is -2.14. The second-order valence-electron chi connectivity index (χ2n) is 5.54. The van der Waals surface area contributed by atoms with Gasteiger partial charge in [0.1, 0.15) is 0 Å². The van der Waals surface area contributed by atoms with Crippen LogP contribution in [0.2, 0.25) is 0 Å². The first-order valence-electron chi connectivity index (χ1n) is 7.65. The molecule has 3 rings (SSSR count). The normalized spacial score (nSPS) is 17.1. The van der Waals surface area contributed by atoms with Crippen molar-refractivity contribution in [2.24, 2.45) is 0 Å². The van der Waals surface area contributed by atoms with Crippen LogP contribution in [0.15, 0.2) is 24.3 Å². The number of carbonyl (C=O) groups excluding carboxylic acids is 1. The van der Waals surface area contributed by atoms with Gasteiger partial charge in [0, 0.05) is 0 Å². The number of hydrogen-bond donors (Lipinski definition) is 1. The van der Waals surface area contributed by atoms with Gasteiger partial charge in [-0.1, -0.05) is 6.07 Å². The molecule has 0 amide bonds. The number of fused-ring (bicyclic) bond motifs is 1. The van der Waals surface area contributed by atoms with Crippen LogP contribution in [-0.4, -0.2) is 27.5 Å². The number of rotatable bonds is 3. The number of carbonyl (C=O) groups is 1. The molecule has 0 spiro atoms. The lowest BCUT2D eigenvalue weighted by atomic mass is 9.93. The van der Waals surface area contributed by atoms with Gasteiger partial charge >= 0.3 is 5.97 Å². The first-order chi connectivity index (χ1) is 10.6. The summed E-state index contributed by atoms with van der Waals surface area (Å²) < 4.78 is 6.80. The van der Waals surface area contributed by atoms with E-state index in [1.807, 2.05) is 13.0 Å². The van der Waals surface area contributed by atoms with Crippen LogP contribution in [0.5, 0.6) is 0 Å². The Hall–Kier alpha value is -2.14. The van der Waals surface area contributed by atoms with Gasteiger partial charge in [0.05, 0.1) is 35.3 Å². The quantitative estimate of drug-likeness (QED) is 0.885. The van der Waals surface area contributed by atoms with Crippen molar-refractivity contribution in [3.8, 4) is 5.69 Å². The van der Waals surface area contributed by atoms with Gasteiger partial charge in [-0.2, -0.15) is 5.10 Å². The van der Waals surface area contributed by atoms with Crippen molar-refractivity contribution in [1.82, 2.24) is 9.78 Å². The molecule has 0 fully saturated rings. The minimum absolute atomic E-state index is 0.345. The Bertz CT molecular complexity index is 706. The number of aromatic nitrogens is 2. The van der Waals surface area contributed by atoms with Crippen molar-refractivity contribution in [3.63, 3.8) is 0 Å². The maximum Gasteiger partial charge on any atom is 0.338 e. The highest BCUT2D eigenvalue weighted by Gasteiger charge is 2.26. The molecule has 1 aliphatic carbocycles. The highest BCUT2D eigenvalue weighted by Crippen LogP contribution is 2.33. The fourth-order valence-corrected chi connectivity index (χ4v) is 3.01. The topological polar surface area (TPSA) is 64.4 Å². The number of aryl methyl sites for hydroxylation is 1. The molecule has 1 atom stereocenters. The zero-order chi connectivity index (χ0) is 15.7. The first-order valence-corrected chi connectivity index (χ1v) is 7.65. The number of aliphatic hydroxyl groups excluding tert-OH is 1. The Morgan fingerprint density at radius 1 is 1.50 bits per heavy atom. The average molecular weight is 300 g/mol. The number of ether oxygens (including phenoxy) is 1. The predicted molar refractivity (Wildman–Crippen MR) is 82.2 cm³/mol. The Balaban J connectivity index is 2.05. The van der Waals surface area contributed by atoms with Crippen molar-refractivity contribution >= 4 is 5.97 Å². The zero-order valence-electron chi connectivity index (χ0n) is 12.9. The second-order valence-corrected chi connectivity index (χ2v) is 5.54. The standard InChI is InChI=1S/C17H20N2O3/c1-3-22-17(21)12-6-4-7-13(10-12)19-16-14(11(2)18-19)8-5-9-15(16)20/h4,6-7,10,15,20H,3,5,8-9H2,1-2H3. The molecule has 0 aliphatic heterocycles. The third-order valence-corrected chi connectivity index (χ3v) is 4.05. The summed E-state index contributed by atoms with van der Waals surface area (Å²) in [5.41, 5.74) is 4.18. The molecule has 1 aliphatic rings. The van der Waals surface area contributed by atoms with E-state index in [4.69, 9.17) is 4.74 Å². The van der Waals surface area contributed by atoms with Crippen LogP contribution >= 0.6 is 0 Å². The van der Waals surface area contributed by atoms with Gasteiger partial charge in [0.15, 0.2) is 0 Å². The van der Waals surface area contributed by atoms with Crippen LogP contribution < -0.4 is 0 Å². The van der Waals surface area contributed by atoms with Gasteiger partial charge in [0.2, 0.25) is 0 Å². The Morgan fingerprint density at radius 2 is 2.32 bits per heavy atom. The van der Waals surface area contributed by atoms with E-state index in [1.165, 1.54) is 0 Å². The van der Waals surface area contributed by atoms with Gasteiger partial charge in [-0.3, -0.25) is 0 Å². The maximum atomic E-state index is 11.9. The largest absolute Gasteiger partial charge is 0.462 e. The van der Waals surface area contributed by atoms with E-state index in [2.05, 4.69) is 5.10 Å². The molecule has 0 saturated heterocycles. The summed E-state index contributed by atoms with van der Waals surface area (Å²) in [4.78, 5) is 11.9. The van der Waals surface area contributed by atoms with Gasteiger partial charge in [-0.25, -0.2) is 9.48 Å². The monoisotopic (exact) mass is 300 g/mol. The van der Waals surface area contributed by atoms with Crippen LogP contribution in [0.4, 0.5) is 0 Å². The number of nitrogens with zero attached hydrogens (tertiary/aromatic N) is 2. The molecule has 0 bridgehead atoms. The summed E-state index contributed by atoms with van der Waals surface area (Å²) in [7, 11) is 0. The Morgan fingerprint density at radius 3 is 3.09 bits per heavy atom. The number of benzene rings is 1. The van der Waals surface area contributed by atoms with E-state index in [0.29, 0.717) is 12.2 Å². The fourth-order valence-electron chi connectivity index (χ4n) is 3.01. The molecule has 22 heavy (non-hydrogen) atoms. The molecular weight excluding hydrogens is 280 g/mol. The van der Waals surface area contributed by atoms with Crippen LogP contribution in [-0.2, 0) is 11.2 Å². The first kappa shape index (κ1) is 14.8. The molecular formula is C17H20N2O3. The summed E-state index contributed by atoms with van der Waals surface area (Å²) in [6.07, 6.45) is 2.16. The maximum absolute atomic E-state index is 11.9. The molecule has 1 N–H and O–H groups in total. The molecule has 5 heteroatoms. The summed E-state index contributed by atoms with van der Waals surface area (Å²) in [6.45, 7) is 4.09. The molecule has 1 aromatic heterocycles. The smallest absolute Gasteiger partial charge is 0.338 e. The molecule has 5 nitrogen and oxygen atoms in total. The number of aliphatic hydroxyl groups is 1. The average Bonchev–Trinajstić information content (AvgIpc) is 2.86. The van der Waals surface area contributed by atoms with Crippen molar-refractivity contribution in [3.05, 3.63) is 46.8 Å². The Kier molecular flexibility index (Phi) is 3.98. The molecule has 1 heterocycles. The lowest BCUT2D eigenvalue weighted by molar-refractivity contribution is 0.0526. The van der Waals surface area contributed by atoms with Crippen LogP contribution in [0, 0.1) is 6.92 Å². The molecule has 0 radical (unpaired) electrons. The summed E-state index contributed by atoms with van der Waals surface area (Å²) >= 11 is 0. The van der Waals surface area contributed by atoms with Crippen molar-refractivity contribution in [2.75, 3.05) is 6.61 Å². The molecule has 2 aromatic rings. The molecule has 1 unspecified atom stereocenters. The summed E-state index contributed by atoms with van der Waals surface area (Å²) in [5, 5.41) is 14.9. The molecule has 0 saturated carbocycles. The minimum atomic E-state index is -0.504. The van der Waals surface area contributed by atoms with Crippen molar-refractivity contribution in [1.29, 1.82) is 0 Å². The van der Waals surface area contributed by atoms with E-state index >= 15 is 0 Å². The highest BCUT2D eigenvalue weighted by atomic mass is 16.5. The SMILES string of the molecule is CCOC(=O)c1cccc(-n2nc(C)c3c2C(O)CCC3)c1.